The first-order chi connectivity index (χ1) is 6.11. The number of amides is 2. The predicted molar refractivity (Wildman–Crippen MR) is 45.4 cm³/mol. The summed E-state index contributed by atoms with van der Waals surface area (Å²) in [4.78, 5) is 22.5. The van der Waals surface area contributed by atoms with Gasteiger partial charge in [0, 0.05) is 13.1 Å². The molecule has 0 heterocycles. The molecule has 0 radical (unpaired) electrons. The number of nitrogens with one attached hydrogen (secondary N) is 1. The van der Waals surface area contributed by atoms with Gasteiger partial charge in [-0.05, 0) is 6.92 Å². The van der Waals surface area contributed by atoms with E-state index in [4.69, 9.17) is 10.2 Å². The van der Waals surface area contributed by atoms with Crippen LogP contribution in [0.25, 0.3) is 0 Å². The molecule has 2 amide bonds. The maximum atomic E-state index is 11.1. The monoisotopic (exact) mass is 190 g/mol. The number of aliphatic hydroxyl groups is 1. The summed E-state index contributed by atoms with van der Waals surface area (Å²) in [5.74, 6) is -1.09. The zero-order chi connectivity index (χ0) is 10.3. The normalized spacial score (nSPS) is 9.38. The van der Waals surface area contributed by atoms with Crippen molar-refractivity contribution < 1.29 is 19.8 Å². The van der Waals surface area contributed by atoms with Gasteiger partial charge in [-0.15, -0.1) is 0 Å². The van der Waals surface area contributed by atoms with Crippen LogP contribution in [-0.4, -0.2) is 53.4 Å². The Morgan fingerprint density at radius 3 is 2.46 bits per heavy atom. The Morgan fingerprint density at radius 2 is 2.08 bits per heavy atom. The highest BCUT2D eigenvalue weighted by atomic mass is 16.4. The largest absolute Gasteiger partial charge is 0.480 e. The summed E-state index contributed by atoms with van der Waals surface area (Å²) in [6, 6.07) is -0.473. The Balaban J connectivity index is 3.84. The number of aliphatic hydroxyl groups excluding tert-OH is 1. The number of rotatable bonds is 5. The van der Waals surface area contributed by atoms with Gasteiger partial charge < -0.3 is 20.4 Å². The van der Waals surface area contributed by atoms with Crippen LogP contribution >= 0.6 is 0 Å². The van der Waals surface area contributed by atoms with Gasteiger partial charge in [-0.3, -0.25) is 4.79 Å². The first-order valence-corrected chi connectivity index (χ1v) is 3.97. The predicted octanol–water partition coefficient (Wildman–Crippen LogP) is -0.905. The van der Waals surface area contributed by atoms with Crippen LogP contribution in [0, 0.1) is 0 Å². The maximum absolute atomic E-state index is 11.1. The Bertz CT molecular complexity index is 183. The fourth-order valence-electron chi connectivity index (χ4n) is 0.787. The van der Waals surface area contributed by atoms with Gasteiger partial charge in [0.25, 0.3) is 0 Å². The highest BCUT2D eigenvalue weighted by Gasteiger charge is 2.10. The number of likely N-dealkylation sites (N-methyl/N-ethyl adjacent to an activating group) is 1. The van der Waals surface area contributed by atoms with E-state index in [0.29, 0.717) is 6.54 Å². The molecule has 0 fully saturated rings. The quantitative estimate of drug-likeness (QED) is 0.523. The molecule has 76 valence electrons. The zero-order valence-corrected chi connectivity index (χ0v) is 7.49. The van der Waals surface area contributed by atoms with Gasteiger partial charge in [0.2, 0.25) is 0 Å². The van der Waals surface area contributed by atoms with E-state index >= 15 is 0 Å². The lowest BCUT2D eigenvalue weighted by Crippen LogP contribution is -2.43. The average molecular weight is 190 g/mol. The van der Waals surface area contributed by atoms with Gasteiger partial charge in [0.1, 0.15) is 6.54 Å². The molecule has 0 rings (SSSR count). The minimum atomic E-state index is -1.09. The highest BCUT2D eigenvalue weighted by Crippen LogP contribution is 1.87. The minimum absolute atomic E-state index is 0.131. The van der Waals surface area contributed by atoms with Crippen molar-refractivity contribution in [3.63, 3.8) is 0 Å². The molecule has 0 spiro atoms. The molecule has 6 nitrogen and oxygen atoms in total. The van der Waals surface area contributed by atoms with E-state index in [1.165, 1.54) is 4.90 Å². The molecular weight excluding hydrogens is 176 g/mol. The summed E-state index contributed by atoms with van der Waals surface area (Å²) < 4.78 is 0. The lowest BCUT2D eigenvalue weighted by Gasteiger charge is -2.19. The van der Waals surface area contributed by atoms with Crippen molar-refractivity contribution >= 4 is 12.0 Å². The van der Waals surface area contributed by atoms with Crippen LogP contribution in [0.4, 0.5) is 4.79 Å². The molecule has 0 unspecified atom stereocenters. The van der Waals surface area contributed by atoms with E-state index < -0.39 is 18.5 Å². The summed E-state index contributed by atoms with van der Waals surface area (Å²) in [6.07, 6.45) is 0. The molecule has 0 aliphatic rings. The van der Waals surface area contributed by atoms with Crippen molar-refractivity contribution in [3.8, 4) is 0 Å². The number of carbonyl (C=O) groups is 2. The van der Waals surface area contributed by atoms with Crippen LogP contribution in [0.2, 0.25) is 0 Å². The molecule has 3 N–H and O–H groups in total. The molecule has 13 heavy (non-hydrogen) atoms. The molecule has 0 aliphatic carbocycles. The van der Waals surface area contributed by atoms with Crippen molar-refractivity contribution in [1.82, 2.24) is 10.2 Å². The van der Waals surface area contributed by atoms with Crippen LogP contribution in [-0.2, 0) is 4.79 Å². The van der Waals surface area contributed by atoms with E-state index in [-0.39, 0.29) is 13.2 Å². The lowest BCUT2D eigenvalue weighted by molar-refractivity contribution is -0.135. The van der Waals surface area contributed by atoms with Gasteiger partial charge in [-0.25, -0.2) is 4.79 Å². The van der Waals surface area contributed by atoms with Crippen LogP contribution < -0.4 is 5.32 Å². The molecule has 0 aromatic rings. The highest BCUT2D eigenvalue weighted by molar-refractivity contribution is 5.79. The van der Waals surface area contributed by atoms with E-state index in [0.717, 1.165) is 0 Å². The van der Waals surface area contributed by atoms with E-state index in [1.54, 1.807) is 6.92 Å². The van der Waals surface area contributed by atoms with E-state index in [9.17, 15) is 9.59 Å². The summed E-state index contributed by atoms with van der Waals surface area (Å²) in [7, 11) is 0. The number of carboxylic acid groups (broad SMARTS) is 1. The Kier molecular flexibility index (Phi) is 5.62. The third-order valence-corrected chi connectivity index (χ3v) is 1.43. The summed E-state index contributed by atoms with van der Waals surface area (Å²) in [5.41, 5.74) is 0. The fraction of sp³-hybridized carbons (Fsp3) is 0.714. The van der Waals surface area contributed by atoms with Crippen molar-refractivity contribution in [2.45, 2.75) is 6.92 Å². The van der Waals surface area contributed by atoms with Crippen molar-refractivity contribution in [2.24, 2.45) is 0 Å². The number of carboxylic acids is 1. The summed E-state index contributed by atoms with van der Waals surface area (Å²) in [5, 5.41) is 19.0. The molecule has 6 heteroatoms. The summed E-state index contributed by atoms with van der Waals surface area (Å²) >= 11 is 0. The molecule has 0 bridgehead atoms. The molecule has 0 aromatic heterocycles. The van der Waals surface area contributed by atoms with Gasteiger partial charge >= 0.3 is 12.0 Å². The fourth-order valence-corrected chi connectivity index (χ4v) is 0.787. The van der Waals surface area contributed by atoms with Crippen LogP contribution in [0.15, 0.2) is 0 Å². The third kappa shape index (κ3) is 5.02. The van der Waals surface area contributed by atoms with Gasteiger partial charge in [0.05, 0.1) is 6.61 Å². The van der Waals surface area contributed by atoms with Crippen molar-refractivity contribution in [1.29, 1.82) is 0 Å². The van der Waals surface area contributed by atoms with Gasteiger partial charge in [0.15, 0.2) is 0 Å². The first-order valence-electron chi connectivity index (χ1n) is 3.97. The second-order valence-corrected chi connectivity index (χ2v) is 2.36. The number of aliphatic carboxylic acids is 1. The molecule has 0 atom stereocenters. The second-order valence-electron chi connectivity index (χ2n) is 2.36. The molecular formula is C7H14N2O4. The zero-order valence-electron chi connectivity index (χ0n) is 7.49. The van der Waals surface area contributed by atoms with E-state index in [2.05, 4.69) is 5.32 Å². The Hall–Kier alpha value is -1.30. The molecule has 0 saturated heterocycles. The second kappa shape index (κ2) is 6.24. The minimum Gasteiger partial charge on any atom is -0.480 e. The van der Waals surface area contributed by atoms with Crippen LogP contribution in [0.1, 0.15) is 6.92 Å². The summed E-state index contributed by atoms with van der Waals surface area (Å²) in [6.45, 7) is 1.86. The number of nitrogens with zero attached hydrogens (tertiary/aromatic N) is 1. The smallest absolute Gasteiger partial charge is 0.323 e. The number of hydrogen-bond donors (Lipinski definition) is 3. The van der Waals surface area contributed by atoms with Crippen molar-refractivity contribution in [2.75, 3.05) is 26.2 Å². The average Bonchev–Trinajstić information content (AvgIpc) is 2.10. The van der Waals surface area contributed by atoms with Gasteiger partial charge in [-0.1, -0.05) is 0 Å². The Labute approximate surface area is 76.2 Å². The molecule has 0 aromatic carbocycles. The number of urea groups is 1. The topological polar surface area (TPSA) is 89.9 Å². The lowest BCUT2D eigenvalue weighted by atomic mass is 10.5. The number of carbonyl (C=O) groups excluding carboxylic acids is 1. The number of hydrogen-bond acceptors (Lipinski definition) is 3. The molecule has 0 aliphatic heterocycles. The van der Waals surface area contributed by atoms with Crippen LogP contribution in [0.3, 0.4) is 0 Å². The maximum Gasteiger partial charge on any atom is 0.323 e. The third-order valence-electron chi connectivity index (χ3n) is 1.43. The first kappa shape index (κ1) is 11.7. The van der Waals surface area contributed by atoms with Crippen LogP contribution in [0.5, 0.6) is 0 Å². The standard InChI is InChI=1S/C7H14N2O4/c1-2-9(3-4-10)7(13)8-5-6(11)12/h10H,2-5H2,1H3,(H,8,13)(H,11,12). The van der Waals surface area contributed by atoms with E-state index in [1.807, 2.05) is 0 Å². The Morgan fingerprint density at radius 1 is 1.46 bits per heavy atom. The SMILES string of the molecule is CCN(CCO)C(=O)NCC(=O)O. The molecule has 0 saturated carbocycles. The van der Waals surface area contributed by atoms with Gasteiger partial charge in [-0.2, -0.15) is 0 Å². The van der Waals surface area contributed by atoms with Crippen molar-refractivity contribution in [3.05, 3.63) is 0 Å².